The number of para-hydroxylation sites is 1. The molecule has 0 aromatic heterocycles. The lowest BCUT2D eigenvalue weighted by Crippen LogP contribution is -2.06. The van der Waals surface area contributed by atoms with E-state index in [1.54, 1.807) is 26.0 Å². The van der Waals surface area contributed by atoms with Crippen LogP contribution in [0.2, 0.25) is 0 Å². The molecule has 0 radical (unpaired) electrons. The van der Waals surface area contributed by atoms with Crippen LogP contribution in [0.3, 0.4) is 0 Å². The van der Waals surface area contributed by atoms with E-state index in [9.17, 15) is 0 Å². The molecule has 4 N–H and O–H groups in total. The molecule has 1 aromatic carbocycles. The van der Waals surface area contributed by atoms with Crippen LogP contribution in [0.1, 0.15) is 25.0 Å². The van der Waals surface area contributed by atoms with Gasteiger partial charge in [0.25, 0.3) is 0 Å². The van der Waals surface area contributed by atoms with Gasteiger partial charge in [0.05, 0.1) is 0 Å². The molecule has 68 valence electrons. The molecule has 3 heteroatoms. The van der Waals surface area contributed by atoms with Gasteiger partial charge in [0, 0.05) is 28.2 Å². The first-order chi connectivity index (χ1) is 6.04. The van der Waals surface area contributed by atoms with Crippen LogP contribution in [-0.4, -0.2) is 11.4 Å². The number of nitrogens with two attached hydrogens (primary N) is 1. The second kappa shape index (κ2) is 3.39. The topological polar surface area (TPSA) is 73.7 Å². The molecule has 0 heterocycles. The predicted octanol–water partition coefficient (Wildman–Crippen LogP) is 2.04. The smallest absolute Gasteiger partial charge is 0.0497 e. The van der Waals surface area contributed by atoms with Gasteiger partial charge >= 0.3 is 0 Å². The fourth-order valence-corrected chi connectivity index (χ4v) is 1.22. The Hall–Kier alpha value is -1.64. The maximum absolute atomic E-state index is 7.46. The highest BCUT2D eigenvalue weighted by Gasteiger charge is 2.06. The summed E-state index contributed by atoms with van der Waals surface area (Å²) >= 11 is 0. The molecule has 0 aliphatic rings. The molecule has 0 spiro atoms. The lowest BCUT2D eigenvalue weighted by molar-refractivity contribution is 1.42. The van der Waals surface area contributed by atoms with Gasteiger partial charge in [0.2, 0.25) is 0 Å². The average Bonchev–Trinajstić information content (AvgIpc) is 2.03. The van der Waals surface area contributed by atoms with E-state index in [4.69, 9.17) is 16.6 Å². The number of nitrogen functional groups attached to an aromatic ring is 1. The zero-order valence-corrected chi connectivity index (χ0v) is 7.81. The van der Waals surface area contributed by atoms with E-state index >= 15 is 0 Å². The van der Waals surface area contributed by atoms with Crippen molar-refractivity contribution in [2.24, 2.45) is 0 Å². The van der Waals surface area contributed by atoms with Gasteiger partial charge in [0.1, 0.15) is 0 Å². The Kier molecular flexibility index (Phi) is 2.46. The normalized spacial score (nSPS) is 9.69. The van der Waals surface area contributed by atoms with E-state index in [1.807, 2.05) is 6.07 Å². The third-order valence-corrected chi connectivity index (χ3v) is 1.91. The maximum Gasteiger partial charge on any atom is 0.0497 e. The van der Waals surface area contributed by atoms with Crippen molar-refractivity contribution in [1.29, 1.82) is 10.8 Å². The minimum atomic E-state index is 0.431. The van der Waals surface area contributed by atoms with Crippen molar-refractivity contribution in [1.82, 2.24) is 0 Å². The zero-order valence-electron chi connectivity index (χ0n) is 7.81. The largest absolute Gasteiger partial charge is 0.398 e. The van der Waals surface area contributed by atoms with Crippen molar-refractivity contribution in [3.63, 3.8) is 0 Å². The number of anilines is 1. The molecule has 0 saturated carbocycles. The van der Waals surface area contributed by atoms with Crippen LogP contribution in [0.4, 0.5) is 5.69 Å². The third-order valence-electron chi connectivity index (χ3n) is 1.91. The molecule has 0 amide bonds. The Morgan fingerprint density at radius 3 is 1.77 bits per heavy atom. The van der Waals surface area contributed by atoms with Gasteiger partial charge in [0.15, 0.2) is 0 Å². The van der Waals surface area contributed by atoms with Crippen molar-refractivity contribution in [3.05, 3.63) is 29.3 Å². The summed E-state index contributed by atoms with van der Waals surface area (Å²) in [6, 6.07) is 5.41. The second-order valence-electron chi connectivity index (χ2n) is 3.02. The monoisotopic (exact) mass is 175 g/mol. The van der Waals surface area contributed by atoms with E-state index < -0.39 is 0 Å². The van der Waals surface area contributed by atoms with Crippen molar-refractivity contribution in [2.75, 3.05) is 5.73 Å². The second-order valence-corrected chi connectivity index (χ2v) is 3.02. The quantitative estimate of drug-likeness (QED) is 0.467. The van der Waals surface area contributed by atoms with Crippen molar-refractivity contribution < 1.29 is 0 Å². The first kappa shape index (κ1) is 9.45. The van der Waals surface area contributed by atoms with Crippen LogP contribution in [0.25, 0.3) is 0 Å². The van der Waals surface area contributed by atoms with Crippen LogP contribution >= 0.6 is 0 Å². The molecule has 0 aliphatic carbocycles. The summed E-state index contributed by atoms with van der Waals surface area (Å²) in [5, 5.41) is 14.9. The molecule has 0 bridgehead atoms. The summed E-state index contributed by atoms with van der Waals surface area (Å²) in [5.41, 5.74) is 8.62. The van der Waals surface area contributed by atoms with E-state index in [0.29, 0.717) is 28.2 Å². The summed E-state index contributed by atoms with van der Waals surface area (Å²) in [6.45, 7) is 3.38. The average molecular weight is 175 g/mol. The van der Waals surface area contributed by atoms with Crippen LogP contribution in [0, 0.1) is 10.8 Å². The fraction of sp³-hybridized carbons (Fsp3) is 0.200. The van der Waals surface area contributed by atoms with Crippen LogP contribution in [0.15, 0.2) is 18.2 Å². The third kappa shape index (κ3) is 1.75. The Bertz CT molecular complexity index is 334. The molecular weight excluding hydrogens is 162 g/mol. The number of hydrogen-bond acceptors (Lipinski definition) is 3. The SMILES string of the molecule is CC(=N)c1cccc(C(C)=N)c1N. The molecule has 13 heavy (non-hydrogen) atoms. The van der Waals surface area contributed by atoms with Crippen LogP contribution in [0.5, 0.6) is 0 Å². The Balaban J connectivity index is 3.35. The van der Waals surface area contributed by atoms with E-state index in [2.05, 4.69) is 0 Å². The Morgan fingerprint density at radius 1 is 1.08 bits per heavy atom. The van der Waals surface area contributed by atoms with E-state index in [1.165, 1.54) is 0 Å². The Labute approximate surface area is 77.6 Å². The van der Waals surface area contributed by atoms with E-state index in [0.717, 1.165) is 0 Å². The predicted molar refractivity (Wildman–Crippen MR) is 55.9 cm³/mol. The highest BCUT2D eigenvalue weighted by atomic mass is 14.6. The maximum atomic E-state index is 7.46. The van der Waals surface area contributed by atoms with E-state index in [-0.39, 0.29) is 0 Å². The highest BCUT2D eigenvalue weighted by Crippen LogP contribution is 2.18. The number of hydrogen-bond donors (Lipinski definition) is 3. The summed E-state index contributed by atoms with van der Waals surface area (Å²) in [6.07, 6.45) is 0. The van der Waals surface area contributed by atoms with Gasteiger partial charge in [-0.05, 0) is 13.8 Å². The minimum absolute atomic E-state index is 0.431. The molecule has 3 nitrogen and oxygen atoms in total. The lowest BCUT2D eigenvalue weighted by atomic mass is 10.0. The summed E-state index contributed by atoms with van der Waals surface area (Å²) < 4.78 is 0. The summed E-state index contributed by atoms with van der Waals surface area (Å²) in [4.78, 5) is 0. The van der Waals surface area contributed by atoms with Crippen molar-refractivity contribution in [2.45, 2.75) is 13.8 Å². The van der Waals surface area contributed by atoms with Crippen LogP contribution in [-0.2, 0) is 0 Å². The summed E-state index contributed by atoms with van der Waals surface area (Å²) in [7, 11) is 0. The standard InChI is InChI=1S/C10H13N3/c1-6(11)8-4-3-5-9(7(2)12)10(8)13/h3-5,11-12H,13H2,1-2H3. The Morgan fingerprint density at radius 2 is 1.46 bits per heavy atom. The van der Waals surface area contributed by atoms with Gasteiger partial charge in [-0.3, -0.25) is 0 Å². The van der Waals surface area contributed by atoms with Crippen molar-refractivity contribution in [3.8, 4) is 0 Å². The number of rotatable bonds is 2. The molecule has 0 atom stereocenters. The fourth-order valence-electron chi connectivity index (χ4n) is 1.22. The minimum Gasteiger partial charge on any atom is -0.398 e. The molecular formula is C10H13N3. The van der Waals surface area contributed by atoms with Gasteiger partial charge in [-0.2, -0.15) is 0 Å². The number of nitrogens with one attached hydrogen (secondary N) is 2. The lowest BCUT2D eigenvalue weighted by Gasteiger charge is -2.08. The van der Waals surface area contributed by atoms with Gasteiger partial charge in [-0.15, -0.1) is 0 Å². The van der Waals surface area contributed by atoms with Gasteiger partial charge < -0.3 is 16.6 Å². The highest BCUT2D eigenvalue weighted by molar-refractivity contribution is 6.08. The molecule has 0 fully saturated rings. The molecule has 0 unspecified atom stereocenters. The number of benzene rings is 1. The molecule has 1 aromatic rings. The first-order valence-electron chi connectivity index (χ1n) is 4.03. The molecule has 1 rings (SSSR count). The van der Waals surface area contributed by atoms with Crippen molar-refractivity contribution >= 4 is 17.1 Å². The zero-order chi connectivity index (χ0) is 10.0. The molecule has 0 saturated heterocycles. The van der Waals surface area contributed by atoms with Crippen LogP contribution < -0.4 is 5.73 Å². The van der Waals surface area contributed by atoms with Gasteiger partial charge in [-0.1, -0.05) is 18.2 Å². The molecule has 0 aliphatic heterocycles. The summed E-state index contributed by atoms with van der Waals surface area (Å²) in [5.74, 6) is 0. The first-order valence-corrected chi connectivity index (χ1v) is 4.03. The van der Waals surface area contributed by atoms with Gasteiger partial charge in [-0.25, -0.2) is 0 Å².